The molecule has 9 heteroatoms. The number of nitrogens with one attached hydrogen (secondary N) is 4. The fraction of sp³-hybridized carbons (Fsp3) is 0.455. The van der Waals surface area contributed by atoms with Crippen LogP contribution in [0.2, 0.25) is 5.02 Å². The summed E-state index contributed by atoms with van der Waals surface area (Å²) < 4.78 is 0. The fourth-order valence-corrected chi connectivity index (χ4v) is 4.12. The van der Waals surface area contributed by atoms with Crippen molar-refractivity contribution in [3.8, 4) is 6.07 Å². The second-order valence-corrected chi connectivity index (χ2v) is 8.76. The normalized spacial score (nSPS) is 20.0. The Hall–Kier alpha value is -3.05. The standard InChI is InChI=1S/C22H24ClN5O3/c23-15-4-3-13-9-19(27-17(13)10-15)22(31)28-18(7-12-1-2-12)21(30)26-16(11-24)8-14-5-6-25-20(14)29/h3-4,9-10,12,14,16,18,27H,1-2,5-8H2,(H,25,29)(H,26,30)(H,28,31)/t14?,16-,18-/m0/s1. The molecule has 3 amide bonds. The number of carbonyl (C=O) groups is 3. The smallest absolute Gasteiger partial charge is 0.268 e. The Bertz CT molecular complexity index is 1060. The molecule has 1 unspecified atom stereocenters. The lowest BCUT2D eigenvalue weighted by atomic mass is 9.98. The first kappa shape index (κ1) is 21.2. The van der Waals surface area contributed by atoms with Gasteiger partial charge in [-0.1, -0.05) is 30.5 Å². The third-order valence-corrected chi connectivity index (χ3v) is 6.11. The first-order valence-corrected chi connectivity index (χ1v) is 10.9. The van der Waals surface area contributed by atoms with Crippen molar-refractivity contribution in [1.82, 2.24) is 20.9 Å². The van der Waals surface area contributed by atoms with Gasteiger partial charge in [0.15, 0.2) is 0 Å². The third-order valence-electron chi connectivity index (χ3n) is 5.87. The van der Waals surface area contributed by atoms with E-state index in [0.717, 1.165) is 23.7 Å². The minimum absolute atomic E-state index is 0.0868. The molecule has 2 fully saturated rings. The predicted molar refractivity (Wildman–Crippen MR) is 115 cm³/mol. The first-order chi connectivity index (χ1) is 14.9. The van der Waals surface area contributed by atoms with Gasteiger partial charge in [0.1, 0.15) is 17.8 Å². The average molecular weight is 442 g/mol. The maximum Gasteiger partial charge on any atom is 0.268 e. The number of carbonyl (C=O) groups excluding carboxylic acids is 3. The largest absolute Gasteiger partial charge is 0.356 e. The van der Waals surface area contributed by atoms with Crippen molar-refractivity contribution in [1.29, 1.82) is 5.26 Å². The van der Waals surface area contributed by atoms with Gasteiger partial charge in [0.05, 0.1) is 6.07 Å². The van der Waals surface area contributed by atoms with Gasteiger partial charge in [0, 0.05) is 28.4 Å². The number of amides is 3. The van der Waals surface area contributed by atoms with Crippen LogP contribution in [0.5, 0.6) is 0 Å². The van der Waals surface area contributed by atoms with Gasteiger partial charge in [-0.25, -0.2) is 0 Å². The highest BCUT2D eigenvalue weighted by Crippen LogP contribution is 2.33. The molecule has 2 aliphatic rings. The minimum atomic E-state index is -0.782. The van der Waals surface area contributed by atoms with Gasteiger partial charge in [-0.2, -0.15) is 5.26 Å². The fourth-order valence-electron chi connectivity index (χ4n) is 3.95. The summed E-state index contributed by atoms with van der Waals surface area (Å²) in [6, 6.07) is 7.55. The van der Waals surface area contributed by atoms with E-state index in [2.05, 4.69) is 27.0 Å². The number of aromatic amines is 1. The molecule has 8 nitrogen and oxygen atoms in total. The molecule has 31 heavy (non-hydrogen) atoms. The van der Waals surface area contributed by atoms with Crippen LogP contribution in [0, 0.1) is 23.2 Å². The predicted octanol–water partition coefficient (Wildman–Crippen LogP) is 2.25. The van der Waals surface area contributed by atoms with Gasteiger partial charge >= 0.3 is 0 Å². The molecule has 3 atom stereocenters. The highest BCUT2D eigenvalue weighted by Gasteiger charge is 2.33. The van der Waals surface area contributed by atoms with Crippen LogP contribution in [0.25, 0.3) is 10.9 Å². The Morgan fingerprint density at radius 1 is 1.19 bits per heavy atom. The van der Waals surface area contributed by atoms with Gasteiger partial charge in [0.2, 0.25) is 11.8 Å². The topological polar surface area (TPSA) is 127 Å². The van der Waals surface area contributed by atoms with E-state index in [0.29, 0.717) is 36.0 Å². The molecule has 4 rings (SSSR count). The zero-order chi connectivity index (χ0) is 22.0. The number of halogens is 1. The molecule has 0 spiro atoms. The van der Waals surface area contributed by atoms with Crippen molar-refractivity contribution in [2.24, 2.45) is 11.8 Å². The average Bonchev–Trinajstić information content (AvgIpc) is 3.32. The van der Waals surface area contributed by atoms with Crippen molar-refractivity contribution < 1.29 is 14.4 Å². The number of nitriles is 1. The van der Waals surface area contributed by atoms with Crippen LogP contribution < -0.4 is 16.0 Å². The molecule has 0 radical (unpaired) electrons. The summed E-state index contributed by atoms with van der Waals surface area (Å²) >= 11 is 6.00. The van der Waals surface area contributed by atoms with Crippen LogP contribution in [0.4, 0.5) is 0 Å². The Balaban J connectivity index is 1.43. The Morgan fingerprint density at radius 3 is 2.68 bits per heavy atom. The molecule has 1 saturated heterocycles. The van der Waals surface area contributed by atoms with Gasteiger partial charge in [-0.3, -0.25) is 14.4 Å². The van der Waals surface area contributed by atoms with E-state index in [1.165, 1.54) is 0 Å². The van der Waals surface area contributed by atoms with Crippen LogP contribution in [-0.4, -0.2) is 41.3 Å². The Labute approximate surface area is 184 Å². The van der Waals surface area contributed by atoms with Gasteiger partial charge < -0.3 is 20.9 Å². The van der Waals surface area contributed by atoms with Crippen LogP contribution >= 0.6 is 11.6 Å². The quantitative estimate of drug-likeness (QED) is 0.501. The summed E-state index contributed by atoms with van der Waals surface area (Å²) in [7, 11) is 0. The van der Waals surface area contributed by atoms with Crippen LogP contribution in [-0.2, 0) is 9.59 Å². The van der Waals surface area contributed by atoms with Crippen molar-refractivity contribution in [3.05, 3.63) is 35.0 Å². The summed E-state index contributed by atoms with van der Waals surface area (Å²) in [5.74, 6) is -0.768. The number of H-pyrrole nitrogens is 1. The SMILES string of the molecule is N#C[C@H](CC1CCNC1=O)NC(=O)[C@H](CC1CC1)NC(=O)c1cc2ccc(Cl)cc2[nH]1. The Kier molecular flexibility index (Phi) is 6.14. The Morgan fingerprint density at radius 2 is 2.00 bits per heavy atom. The second-order valence-electron chi connectivity index (χ2n) is 8.32. The van der Waals surface area contributed by atoms with E-state index in [-0.39, 0.29) is 18.2 Å². The van der Waals surface area contributed by atoms with Crippen molar-refractivity contribution in [3.63, 3.8) is 0 Å². The van der Waals surface area contributed by atoms with Crippen LogP contribution in [0.3, 0.4) is 0 Å². The van der Waals surface area contributed by atoms with E-state index in [9.17, 15) is 19.6 Å². The molecule has 2 aromatic rings. The number of hydrogen-bond acceptors (Lipinski definition) is 4. The highest BCUT2D eigenvalue weighted by molar-refractivity contribution is 6.31. The lowest BCUT2D eigenvalue weighted by molar-refractivity contribution is -0.125. The van der Waals surface area contributed by atoms with E-state index in [1.54, 1.807) is 18.2 Å². The molecular formula is C22H24ClN5O3. The summed E-state index contributed by atoms with van der Waals surface area (Å²) in [6.07, 6.45) is 3.48. The molecule has 1 saturated carbocycles. The maximum absolute atomic E-state index is 12.9. The molecular weight excluding hydrogens is 418 g/mol. The molecule has 1 aromatic carbocycles. The molecule has 1 aliphatic heterocycles. The van der Waals surface area contributed by atoms with Crippen molar-refractivity contribution in [2.75, 3.05) is 6.54 Å². The molecule has 0 bridgehead atoms. The molecule has 1 aliphatic carbocycles. The molecule has 162 valence electrons. The van der Waals surface area contributed by atoms with Gasteiger partial charge in [0.25, 0.3) is 5.91 Å². The number of nitrogens with zero attached hydrogens (tertiary/aromatic N) is 1. The number of rotatable bonds is 8. The van der Waals surface area contributed by atoms with Crippen molar-refractivity contribution >= 4 is 40.2 Å². The van der Waals surface area contributed by atoms with Crippen LogP contribution in [0.1, 0.15) is 42.6 Å². The zero-order valence-electron chi connectivity index (χ0n) is 16.9. The minimum Gasteiger partial charge on any atom is -0.356 e. The van der Waals surface area contributed by atoms with E-state index >= 15 is 0 Å². The third kappa shape index (κ3) is 5.17. The van der Waals surface area contributed by atoms with Crippen LogP contribution in [0.15, 0.2) is 24.3 Å². The summed E-state index contributed by atoms with van der Waals surface area (Å²) in [5.41, 5.74) is 1.07. The molecule has 4 N–H and O–H groups in total. The summed E-state index contributed by atoms with van der Waals surface area (Å²) in [5, 5.41) is 19.1. The first-order valence-electron chi connectivity index (χ1n) is 10.5. The van der Waals surface area contributed by atoms with E-state index in [1.807, 2.05) is 6.07 Å². The maximum atomic E-state index is 12.9. The van der Waals surface area contributed by atoms with Gasteiger partial charge in [-0.15, -0.1) is 0 Å². The molecule has 2 heterocycles. The van der Waals surface area contributed by atoms with Crippen molar-refractivity contribution in [2.45, 2.75) is 44.2 Å². The number of fused-ring (bicyclic) bond motifs is 1. The monoisotopic (exact) mass is 441 g/mol. The lowest BCUT2D eigenvalue weighted by Gasteiger charge is -2.21. The second kappa shape index (κ2) is 8.98. The number of benzene rings is 1. The number of hydrogen-bond donors (Lipinski definition) is 4. The number of aromatic nitrogens is 1. The van der Waals surface area contributed by atoms with Gasteiger partial charge in [-0.05, 0) is 43.4 Å². The summed E-state index contributed by atoms with van der Waals surface area (Å²) in [4.78, 5) is 40.6. The lowest BCUT2D eigenvalue weighted by Crippen LogP contribution is -2.50. The molecule has 1 aromatic heterocycles. The summed E-state index contributed by atoms with van der Waals surface area (Å²) in [6.45, 7) is 0.589. The highest BCUT2D eigenvalue weighted by atomic mass is 35.5. The zero-order valence-corrected chi connectivity index (χ0v) is 17.7. The van der Waals surface area contributed by atoms with E-state index in [4.69, 9.17) is 11.6 Å². The van der Waals surface area contributed by atoms with E-state index < -0.39 is 23.9 Å².